The van der Waals surface area contributed by atoms with Gasteiger partial charge in [-0.05, 0) is 53.4 Å². The fraction of sp³-hybridized carbons (Fsp3) is 0.125. The van der Waals surface area contributed by atoms with E-state index >= 15 is 0 Å². The number of para-hydroxylation sites is 1. The van der Waals surface area contributed by atoms with Crippen LogP contribution in [0.15, 0.2) is 77.8 Å². The molecule has 0 bridgehead atoms. The van der Waals surface area contributed by atoms with Crippen LogP contribution in [0.2, 0.25) is 0 Å². The first kappa shape index (κ1) is 21.6. The SMILES string of the molecule is COc1ccc(-c2cccc(S(=O)(=O)n3cc(CCC(=O)O)c4ccccc43)c2)cc1F. The monoisotopic (exact) mass is 453 g/mol. The predicted octanol–water partition coefficient (Wildman–Crippen LogP) is 4.71. The standard InChI is InChI=1S/C24H20FNO5S/c1-31-23-11-9-17(14-21(23)25)16-5-4-6-19(13-16)32(29,30)26-15-18(10-12-24(27)28)20-7-2-3-8-22(20)26/h2-9,11,13-15H,10,12H2,1H3,(H,27,28). The topological polar surface area (TPSA) is 85.6 Å². The summed E-state index contributed by atoms with van der Waals surface area (Å²) in [5, 5.41) is 9.71. The van der Waals surface area contributed by atoms with Crippen LogP contribution in [0.5, 0.6) is 5.75 Å². The number of carboxylic acids is 1. The first-order chi connectivity index (χ1) is 15.3. The number of carboxylic acid groups (broad SMARTS) is 1. The van der Waals surface area contributed by atoms with Gasteiger partial charge in [0, 0.05) is 18.0 Å². The Kier molecular flexibility index (Phi) is 5.71. The third-order valence-electron chi connectivity index (χ3n) is 5.24. The zero-order chi connectivity index (χ0) is 22.9. The van der Waals surface area contributed by atoms with Gasteiger partial charge in [0.1, 0.15) is 0 Å². The van der Waals surface area contributed by atoms with Gasteiger partial charge in [-0.25, -0.2) is 16.8 Å². The lowest BCUT2D eigenvalue weighted by Gasteiger charge is -2.10. The molecule has 1 N–H and O–H groups in total. The van der Waals surface area contributed by atoms with Crippen molar-refractivity contribution in [2.75, 3.05) is 7.11 Å². The van der Waals surface area contributed by atoms with Crippen LogP contribution in [-0.4, -0.2) is 30.6 Å². The molecule has 3 aromatic carbocycles. The summed E-state index contributed by atoms with van der Waals surface area (Å²) < 4.78 is 47.3. The highest BCUT2D eigenvalue weighted by atomic mass is 32.2. The van der Waals surface area contributed by atoms with Gasteiger partial charge in [-0.2, -0.15) is 0 Å². The Labute approximate surface area is 184 Å². The molecule has 8 heteroatoms. The van der Waals surface area contributed by atoms with E-state index in [1.807, 2.05) is 0 Å². The molecular weight excluding hydrogens is 433 g/mol. The lowest BCUT2D eigenvalue weighted by molar-refractivity contribution is -0.136. The number of aromatic nitrogens is 1. The second-order valence-corrected chi connectivity index (χ2v) is 9.06. The van der Waals surface area contributed by atoms with Crippen LogP contribution in [0.3, 0.4) is 0 Å². The highest BCUT2D eigenvalue weighted by Gasteiger charge is 2.22. The van der Waals surface area contributed by atoms with E-state index in [1.165, 1.54) is 41.5 Å². The zero-order valence-corrected chi connectivity index (χ0v) is 18.0. The van der Waals surface area contributed by atoms with E-state index in [-0.39, 0.29) is 23.5 Å². The predicted molar refractivity (Wildman–Crippen MR) is 119 cm³/mol. The summed E-state index contributed by atoms with van der Waals surface area (Å²) in [6, 6.07) is 17.7. The van der Waals surface area contributed by atoms with Gasteiger partial charge < -0.3 is 9.84 Å². The average molecular weight is 453 g/mol. The van der Waals surface area contributed by atoms with Crippen molar-refractivity contribution in [3.05, 3.63) is 84.3 Å². The minimum absolute atomic E-state index is 0.0387. The summed E-state index contributed by atoms with van der Waals surface area (Å²) in [5.41, 5.74) is 2.16. The van der Waals surface area contributed by atoms with E-state index in [2.05, 4.69) is 0 Å². The van der Waals surface area contributed by atoms with Crippen molar-refractivity contribution < 1.29 is 27.4 Å². The molecule has 0 radical (unpaired) electrons. The van der Waals surface area contributed by atoms with Crippen molar-refractivity contribution in [2.45, 2.75) is 17.7 Å². The van der Waals surface area contributed by atoms with Gasteiger partial charge in [-0.3, -0.25) is 4.79 Å². The molecule has 1 heterocycles. The third-order valence-corrected chi connectivity index (χ3v) is 6.91. The van der Waals surface area contributed by atoms with Gasteiger partial charge in [0.15, 0.2) is 11.6 Å². The molecule has 6 nitrogen and oxygen atoms in total. The minimum atomic E-state index is -3.99. The molecule has 0 atom stereocenters. The lowest BCUT2D eigenvalue weighted by Crippen LogP contribution is -2.12. The van der Waals surface area contributed by atoms with E-state index in [0.717, 1.165) is 0 Å². The molecule has 0 fully saturated rings. The smallest absolute Gasteiger partial charge is 0.303 e. The van der Waals surface area contributed by atoms with Crippen molar-refractivity contribution in [3.63, 3.8) is 0 Å². The molecule has 0 amide bonds. The van der Waals surface area contributed by atoms with Gasteiger partial charge in [-0.15, -0.1) is 0 Å². The summed E-state index contributed by atoms with van der Waals surface area (Å²) in [4.78, 5) is 11.0. The number of carbonyl (C=O) groups is 1. The molecule has 0 saturated carbocycles. The van der Waals surface area contributed by atoms with E-state index in [0.29, 0.717) is 27.6 Å². The zero-order valence-electron chi connectivity index (χ0n) is 17.2. The average Bonchev–Trinajstić information content (AvgIpc) is 3.17. The maximum Gasteiger partial charge on any atom is 0.303 e. The van der Waals surface area contributed by atoms with Gasteiger partial charge in [-0.1, -0.05) is 36.4 Å². The Balaban J connectivity index is 1.79. The minimum Gasteiger partial charge on any atom is -0.494 e. The third kappa shape index (κ3) is 3.97. The van der Waals surface area contributed by atoms with Crippen molar-refractivity contribution in [1.29, 1.82) is 0 Å². The number of benzene rings is 3. The number of fused-ring (bicyclic) bond motifs is 1. The number of rotatable bonds is 7. The highest BCUT2D eigenvalue weighted by Crippen LogP contribution is 2.30. The van der Waals surface area contributed by atoms with Crippen LogP contribution in [0, 0.1) is 5.82 Å². The lowest BCUT2D eigenvalue weighted by atomic mass is 10.1. The number of nitrogens with zero attached hydrogens (tertiary/aromatic N) is 1. The van der Waals surface area contributed by atoms with Crippen molar-refractivity contribution >= 4 is 26.9 Å². The van der Waals surface area contributed by atoms with Crippen LogP contribution in [-0.2, 0) is 21.2 Å². The van der Waals surface area contributed by atoms with Crippen LogP contribution >= 0.6 is 0 Å². The summed E-state index contributed by atoms with van der Waals surface area (Å²) in [6.45, 7) is 0. The van der Waals surface area contributed by atoms with Gasteiger partial charge in [0.05, 0.1) is 17.5 Å². The van der Waals surface area contributed by atoms with Gasteiger partial charge >= 0.3 is 5.97 Å². The fourth-order valence-corrected chi connectivity index (χ4v) is 5.09. The number of aliphatic carboxylic acids is 1. The maximum absolute atomic E-state index is 14.2. The molecule has 4 aromatic rings. The quantitative estimate of drug-likeness (QED) is 0.438. The Morgan fingerprint density at radius 2 is 1.78 bits per heavy atom. The second-order valence-electron chi connectivity index (χ2n) is 7.24. The molecule has 0 aliphatic rings. The molecule has 0 spiro atoms. The number of methoxy groups -OCH3 is 1. The number of hydrogen-bond donors (Lipinski definition) is 1. The van der Waals surface area contributed by atoms with E-state index in [9.17, 15) is 17.6 Å². The Hall–Kier alpha value is -3.65. The first-order valence-electron chi connectivity index (χ1n) is 9.81. The molecule has 1 aromatic heterocycles. The van der Waals surface area contributed by atoms with Gasteiger partial charge in [0.25, 0.3) is 10.0 Å². The number of halogens is 1. The van der Waals surface area contributed by atoms with Crippen molar-refractivity contribution in [3.8, 4) is 16.9 Å². The van der Waals surface area contributed by atoms with E-state index in [4.69, 9.17) is 9.84 Å². The van der Waals surface area contributed by atoms with Crippen LogP contribution in [0.25, 0.3) is 22.0 Å². The summed E-state index contributed by atoms with van der Waals surface area (Å²) in [5.74, 6) is -1.40. The van der Waals surface area contributed by atoms with Crippen LogP contribution < -0.4 is 4.74 Å². The molecule has 32 heavy (non-hydrogen) atoms. The first-order valence-corrected chi connectivity index (χ1v) is 11.3. The number of hydrogen-bond acceptors (Lipinski definition) is 4. The largest absolute Gasteiger partial charge is 0.494 e. The molecule has 0 unspecified atom stereocenters. The van der Waals surface area contributed by atoms with Crippen molar-refractivity contribution in [1.82, 2.24) is 3.97 Å². The highest BCUT2D eigenvalue weighted by molar-refractivity contribution is 7.90. The molecular formula is C24H20FNO5S. The summed E-state index contributed by atoms with van der Waals surface area (Å²) in [6.07, 6.45) is 1.58. The summed E-state index contributed by atoms with van der Waals surface area (Å²) >= 11 is 0. The molecule has 0 saturated heterocycles. The maximum atomic E-state index is 14.2. The summed E-state index contributed by atoms with van der Waals surface area (Å²) in [7, 11) is -2.61. The molecule has 164 valence electrons. The Morgan fingerprint density at radius 1 is 1.03 bits per heavy atom. The normalized spacial score (nSPS) is 11.6. The van der Waals surface area contributed by atoms with Crippen molar-refractivity contribution in [2.24, 2.45) is 0 Å². The van der Waals surface area contributed by atoms with Crippen LogP contribution in [0.4, 0.5) is 4.39 Å². The van der Waals surface area contributed by atoms with E-state index < -0.39 is 21.8 Å². The Bertz CT molecular complexity index is 1430. The fourth-order valence-electron chi connectivity index (χ4n) is 3.65. The Morgan fingerprint density at radius 3 is 2.50 bits per heavy atom. The second kappa shape index (κ2) is 8.47. The number of ether oxygens (including phenoxy) is 1. The molecule has 0 aliphatic heterocycles. The molecule has 4 rings (SSSR count). The van der Waals surface area contributed by atoms with E-state index in [1.54, 1.807) is 42.5 Å². The number of aryl methyl sites for hydroxylation is 1. The van der Waals surface area contributed by atoms with Gasteiger partial charge in [0.2, 0.25) is 0 Å². The van der Waals surface area contributed by atoms with Crippen LogP contribution in [0.1, 0.15) is 12.0 Å². The molecule has 0 aliphatic carbocycles.